The van der Waals surface area contributed by atoms with Gasteiger partial charge in [0.1, 0.15) is 0 Å². The van der Waals surface area contributed by atoms with Crippen molar-refractivity contribution in [1.82, 2.24) is 9.13 Å². The van der Waals surface area contributed by atoms with Gasteiger partial charge in [0.05, 0.1) is 28.5 Å². The number of benzene rings is 2. The Labute approximate surface area is 223 Å². The van der Waals surface area contributed by atoms with Crippen molar-refractivity contribution in [2.45, 2.75) is 33.4 Å². The molecular weight excluding hydrogens is 506 g/mol. The van der Waals surface area contributed by atoms with E-state index in [0.29, 0.717) is 32.2 Å². The number of para-hydroxylation sites is 1. The summed E-state index contributed by atoms with van der Waals surface area (Å²) < 4.78 is 9.68. The molecule has 1 atom stereocenters. The minimum atomic E-state index is -0.669. The topological polar surface area (TPSA) is 65.6 Å². The van der Waals surface area contributed by atoms with Crippen LogP contribution in [0.5, 0.6) is 0 Å². The van der Waals surface area contributed by atoms with Crippen molar-refractivity contribution in [1.29, 1.82) is 0 Å². The van der Waals surface area contributed by atoms with E-state index in [4.69, 9.17) is 16.3 Å². The van der Waals surface area contributed by atoms with Gasteiger partial charge in [-0.15, -0.1) is 6.58 Å². The van der Waals surface area contributed by atoms with Crippen molar-refractivity contribution in [2.75, 3.05) is 6.61 Å². The molecule has 0 spiro atoms. The number of hydrogen-bond acceptors (Lipinski definition) is 5. The minimum absolute atomic E-state index is 0.210. The van der Waals surface area contributed by atoms with Gasteiger partial charge in [0.25, 0.3) is 5.56 Å². The molecule has 6 nitrogen and oxygen atoms in total. The molecule has 2 aromatic carbocycles. The molecule has 5 rings (SSSR count). The predicted octanol–water partition coefficient (Wildman–Crippen LogP) is 4.90. The van der Waals surface area contributed by atoms with Crippen LogP contribution in [0.25, 0.3) is 17.0 Å². The summed E-state index contributed by atoms with van der Waals surface area (Å²) >= 11 is 7.45. The largest absolute Gasteiger partial charge is 0.463 e. The van der Waals surface area contributed by atoms with Crippen LogP contribution in [0, 0.1) is 6.92 Å². The van der Waals surface area contributed by atoms with Gasteiger partial charge in [-0.05, 0) is 50.6 Å². The lowest BCUT2D eigenvalue weighted by atomic mass is 9.96. The van der Waals surface area contributed by atoms with E-state index in [1.54, 1.807) is 30.5 Å². The average Bonchev–Trinajstić information content (AvgIpc) is 3.33. The van der Waals surface area contributed by atoms with Gasteiger partial charge in [-0.3, -0.25) is 9.36 Å². The molecule has 2 aromatic heterocycles. The number of thiazole rings is 1. The van der Waals surface area contributed by atoms with Crippen molar-refractivity contribution in [3.05, 3.63) is 114 Å². The van der Waals surface area contributed by atoms with E-state index in [9.17, 15) is 9.59 Å². The molecule has 37 heavy (non-hydrogen) atoms. The highest BCUT2D eigenvalue weighted by molar-refractivity contribution is 7.07. The van der Waals surface area contributed by atoms with Gasteiger partial charge in [-0.2, -0.15) is 0 Å². The smallest absolute Gasteiger partial charge is 0.338 e. The molecule has 188 valence electrons. The van der Waals surface area contributed by atoms with Crippen LogP contribution in [0.4, 0.5) is 0 Å². The predicted molar refractivity (Wildman–Crippen MR) is 149 cm³/mol. The number of esters is 1. The number of allylic oxidation sites excluding steroid dienone is 2. The molecule has 1 unspecified atom stereocenters. The minimum Gasteiger partial charge on any atom is -0.463 e. The van der Waals surface area contributed by atoms with Crippen LogP contribution in [0.3, 0.4) is 0 Å². The molecular formula is C29H26ClN3O3S. The molecule has 0 aliphatic carbocycles. The number of carbonyl (C=O) groups is 1. The molecule has 0 saturated carbocycles. The number of rotatable bonds is 6. The van der Waals surface area contributed by atoms with Crippen LogP contribution in [0.1, 0.15) is 36.7 Å². The van der Waals surface area contributed by atoms with Crippen LogP contribution in [0.2, 0.25) is 5.02 Å². The first-order valence-electron chi connectivity index (χ1n) is 12.0. The normalized spacial score (nSPS) is 15.6. The van der Waals surface area contributed by atoms with E-state index in [2.05, 4.69) is 28.3 Å². The van der Waals surface area contributed by atoms with Crippen molar-refractivity contribution in [2.24, 2.45) is 4.99 Å². The Morgan fingerprint density at radius 3 is 2.62 bits per heavy atom. The first kappa shape index (κ1) is 25.0. The second-order valence-corrected chi connectivity index (χ2v) is 10.2. The van der Waals surface area contributed by atoms with Gasteiger partial charge < -0.3 is 9.30 Å². The summed E-state index contributed by atoms with van der Waals surface area (Å²) in [5.41, 5.74) is 4.54. The zero-order valence-corrected chi connectivity index (χ0v) is 22.4. The fourth-order valence-corrected chi connectivity index (χ4v) is 6.04. The molecule has 4 aromatic rings. The number of ether oxygens (including phenoxy) is 1. The number of fused-ring (bicyclic) bond motifs is 2. The lowest BCUT2D eigenvalue weighted by molar-refractivity contribution is -0.139. The molecule has 0 bridgehead atoms. The van der Waals surface area contributed by atoms with E-state index in [1.807, 2.05) is 43.3 Å². The van der Waals surface area contributed by atoms with E-state index < -0.39 is 12.0 Å². The van der Waals surface area contributed by atoms with Gasteiger partial charge in [0, 0.05) is 33.7 Å². The van der Waals surface area contributed by atoms with Gasteiger partial charge in [-0.1, -0.05) is 59.3 Å². The third kappa shape index (κ3) is 4.28. The highest BCUT2D eigenvalue weighted by Gasteiger charge is 2.33. The fraction of sp³-hybridized carbons (Fsp3) is 0.207. The van der Waals surface area contributed by atoms with Gasteiger partial charge in [0.15, 0.2) is 4.80 Å². The Hall–Kier alpha value is -3.68. The molecule has 1 aliphatic heterocycles. The van der Waals surface area contributed by atoms with Gasteiger partial charge in [-0.25, -0.2) is 9.79 Å². The highest BCUT2D eigenvalue weighted by Crippen LogP contribution is 2.31. The van der Waals surface area contributed by atoms with Crippen molar-refractivity contribution in [3.8, 4) is 0 Å². The first-order chi connectivity index (χ1) is 17.8. The van der Waals surface area contributed by atoms with E-state index >= 15 is 0 Å². The van der Waals surface area contributed by atoms with Gasteiger partial charge >= 0.3 is 5.97 Å². The van der Waals surface area contributed by atoms with Crippen LogP contribution in [0.15, 0.2) is 82.2 Å². The SMILES string of the molecule is C=CCn1c(C)c(/C=c2\sc3n(c2=O)C(c2ccc(Cl)cc2)C(C(=O)OCC)=C(C)N=3)c2ccccc21. The zero-order chi connectivity index (χ0) is 26.3. The maximum absolute atomic E-state index is 13.9. The number of nitrogens with zero attached hydrogens (tertiary/aromatic N) is 3. The Balaban J connectivity index is 1.77. The average molecular weight is 532 g/mol. The van der Waals surface area contributed by atoms with E-state index in [1.165, 1.54) is 11.3 Å². The standard InChI is InChI=1S/C29H26ClN3O3S/c1-5-15-32-18(4)22(21-9-7-8-10-23(21)32)16-24-27(34)33-26(19-11-13-20(30)14-12-19)25(28(35)36-6-2)17(3)31-29(33)37-24/h5,7-14,16,26H,1,6,15H2,2-4H3/b24-16-. The van der Waals surface area contributed by atoms with Crippen LogP contribution in [-0.4, -0.2) is 21.7 Å². The van der Waals surface area contributed by atoms with Crippen molar-refractivity contribution >= 4 is 45.9 Å². The fourth-order valence-electron chi connectivity index (χ4n) is 4.89. The summed E-state index contributed by atoms with van der Waals surface area (Å²) in [6, 6.07) is 14.6. The molecule has 8 heteroatoms. The van der Waals surface area contributed by atoms with Crippen molar-refractivity contribution < 1.29 is 9.53 Å². The monoisotopic (exact) mass is 531 g/mol. The third-order valence-corrected chi connectivity index (χ3v) is 7.80. The highest BCUT2D eigenvalue weighted by atomic mass is 35.5. The lowest BCUT2D eigenvalue weighted by Crippen LogP contribution is -2.39. The second kappa shape index (κ2) is 10.00. The maximum Gasteiger partial charge on any atom is 0.338 e. The molecule has 0 saturated heterocycles. The summed E-state index contributed by atoms with van der Waals surface area (Å²) in [4.78, 5) is 32.2. The summed E-state index contributed by atoms with van der Waals surface area (Å²) in [7, 11) is 0. The van der Waals surface area contributed by atoms with E-state index in [-0.39, 0.29) is 12.2 Å². The van der Waals surface area contributed by atoms with Crippen LogP contribution < -0.4 is 14.9 Å². The maximum atomic E-state index is 13.9. The summed E-state index contributed by atoms with van der Waals surface area (Å²) in [5.74, 6) is -0.485. The summed E-state index contributed by atoms with van der Waals surface area (Å²) in [5, 5.41) is 1.63. The summed E-state index contributed by atoms with van der Waals surface area (Å²) in [6.45, 7) is 10.4. The zero-order valence-electron chi connectivity index (χ0n) is 20.8. The Bertz CT molecular complexity index is 1760. The molecule has 3 heterocycles. The number of halogens is 1. The third-order valence-electron chi connectivity index (χ3n) is 6.57. The number of hydrogen-bond donors (Lipinski definition) is 0. The second-order valence-electron chi connectivity index (χ2n) is 8.77. The molecule has 1 aliphatic rings. The number of carbonyl (C=O) groups excluding carboxylic acids is 1. The Kier molecular flexibility index (Phi) is 6.75. The Morgan fingerprint density at radius 1 is 1.19 bits per heavy atom. The Morgan fingerprint density at radius 2 is 1.92 bits per heavy atom. The van der Waals surface area contributed by atoms with Gasteiger partial charge in [0.2, 0.25) is 0 Å². The van der Waals surface area contributed by atoms with Crippen molar-refractivity contribution in [3.63, 3.8) is 0 Å². The van der Waals surface area contributed by atoms with Crippen LogP contribution >= 0.6 is 22.9 Å². The number of aromatic nitrogens is 2. The lowest BCUT2D eigenvalue weighted by Gasteiger charge is -2.24. The van der Waals surface area contributed by atoms with E-state index in [0.717, 1.165) is 27.7 Å². The van der Waals surface area contributed by atoms with Crippen LogP contribution in [-0.2, 0) is 16.1 Å². The molecule has 0 N–H and O–H groups in total. The molecule has 0 fully saturated rings. The quantitative estimate of drug-likeness (QED) is 0.262. The molecule has 0 radical (unpaired) electrons. The molecule has 0 amide bonds. The first-order valence-corrected chi connectivity index (χ1v) is 13.2. The summed E-state index contributed by atoms with van der Waals surface area (Å²) in [6.07, 6.45) is 3.80.